The van der Waals surface area contributed by atoms with Gasteiger partial charge in [-0.25, -0.2) is 4.79 Å². The molecule has 4 saturated carbocycles. The van der Waals surface area contributed by atoms with E-state index in [1.54, 1.807) is 13.8 Å². The van der Waals surface area contributed by atoms with Gasteiger partial charge in [-0.2, -0.15) is 4.79 Å². The molecule has 0 spiro atoms. The van der Waals surface area contributed by atoms with Crippen LogP contribution in [-0.4, -0.2) is 76.7 Å². The maximum atomic E-state index is 13.8. The topological polar surface area (TPSA) is 158 Å². The van der Waals surface area contributed by atoms with Crippen LogP contribution in [0.4, 0.5) is 0 Å². The Morgan fingerprint density at radius 3 is 2.24 bits per heavy atom. The highest BCUT2D eigenvalue weighted by molar-refractivity contribution is 6.25. The van der Waals surface area contributed by atoms with E-state index in [0.29, 0.717) is 50.0 Å². The predicted molar refractivity (Wildman–Crippen MR) is 149 cm³/mol. The van der Waals surface area contributed by atoms with E-state index in [-0.39, 0.29) is 24.7 Å². The van der Waals surface area contributed by atoms with Crippen molar-refractivity contribution < 1.29 is 33.5 Å². The van der Waals surface area contributed by atoms with Gasteiger partial charge in [0.2, 0.25) is 23.5 Å². The largest absolute Gasteiger partial charge is 0.461 e. The van der Waals surface area contributed by atoms with Gasteiger partial charge in [0, 0.05) is 31.3 Å². The highest BCUT2D eigenvalue weighted by Gasteiger charge is 2.55. The first-order valence-corrected chi connectivity index (χ1v) is 15.4. The molecule has 11 nitrogen and oxygen atoms in total. The van der Waals surface area contributed by atoms with Gasteiger partial charge < -0.3 is 25.8 Å². The van der Waals surface area contributed by atoms with E-state index in [0.717, 1.165) is 38.4 Å². The summed E-state index contributed by atoms with van der Waals surface area (Å²) in [6.07, 6.45) is 9.52. The Morgan fingerprint density at radius 1 is 1.02 bits per heavy atom. The molecule has 0 aromatic rings. The van der Waals surface area contributed by atoms with E-state index in [1.165, 1.54) is 19.3 Å². The zero-order valence-electron chi connectivity index (χ0n) is 24.4. The third-order valence-electron chi connectivity index (χ3n) is 9.32. The zero-order chi connectivity index (χ0) is 29.6. The summed E-state index contributed by atoms with van der Waals surface area (Å²) < 4.78 is 5.32. The smallest absolute Gasteiger partial charge is 0.328 e. The molecule has 0 unspecified atom stereocenters. The first kappa shape index (κ1) is 30.9. The Labute approximate surface area is 242 Å². The minimum Gasteiger partial charge on any atom is -0.461 e. The van der Waals surface area contributed by atoms with E-state index in [2.05, 4.69) is 15.4 Å². The molecule has 5 rings (SSSR count). The van der Waals surface area contributed by atoms with Crippen LogP contribution >= 0.6 is 0 Å². The van der Waals surface area contributed by atoms with Crippen molar-refractivity contribution in [1.82, 2.24) is 15.5 Å². The number of likely N-dealkylation sites (tertiary alicyclic amines) is 1. The zero-order valence-corrected chi connectivity index (χ0v) is 24.4. The standard InChI is InChI=1S/C30H45N5O6/c1-19(2)41-28(39)25(9-8-23(36)18-32-31)33-27(38)24(6-3-4-10-35-11-5-7-26(35)37)34-29(40)30-15-20-12-21(16-30)14-22(13-20)17-30/h18-22,24-25H,3-17H2,1-2H3,(H,33,38)(H,34,40)/t20?,21?,22?,24-,25-,30?/m0/s1. The Hall–Kier alpha value is -3.07. The van der Waals surface area contributed by atoms with E-state index >= 15 is 0 Å². The summed E-state index contributed by atoms with van der Waals surface area (Å²) in [6.45, 7) is 4.76. The third-order valence-corrected chi connectivity index (χ3v) is 9.32. The summed E-state index contributed by atoms with van der Waals surface area (Å²) in [5.41, 5.74) is 8.20. The molecular formula is C30H45N5O6. The lowest BCUT2D eigenvalue weighted by Gasteiger charge is -2.55. The molecule has 1 aliphatic heterocycles. The van der Waals surface area contributed by atoms with Gasteiger partial charge in [-0.3, -0.25) is 19.2 Å². The fourth-order valence-corrected chi connectivity index (χ4v) is 7.81. The quantitative estimate of drug-likeness (QED) is 0.101. The van der Waals surface area contributed by atoms with Crippen LogP contribution in [0.3, 0.4) is 0 Å². The summed E-state index contributed by atoms with van der Waals surface area (Å²) in [5, 5.41) is 5.81. The second-order valence-electron chi connectivity index (χ2n) is 13.0. The molecule has 1 saturated heterocycles. The van der Waals surface area contributed by atoms with Crippen molar-refractivity contribution in [1.29, 1.82) is 0 Å². The average Bonchev–Trinajstić information content (AvgIpc) is 3.31. The van der Waals surface area contributed by atoms with Crippen LogP contribution in [0.1, 0.15) is 97.3 Å². The Bertz CT molecular complexity index is 1030. The van der Waals surface area contributed by atoms with Crippen molar-refractivity contribution in [2.24, 2.45) is 23.2 Å². The van der Waals surface area contributed by atoms with Crippen molar-refractivity contribution in [3.63, 3.8) is 0 Å². The van der Waals surface area contributed by atoms with Crippen LogP contribution in [0, 0.1) is 23.2 Å². The van der Waals surface area contributed by atoms with Gasteiger partial charge >= 0.3 is 12.2 Å². The SMILES string of the molecule is CC(C)OC(=O)[C@H](CCC(=O)C=[N+]=[N-])NC(=O)[C@H](CCCCN1CCCC1=O)NC(=O)C12CC3CC(CC(C3)C1)C2. The monoisotopic (exact) mass is 571 g/mol. The van der Waals surface area contributed by atoms with Gasteiger partial charge in [-0.1, -0.05) is 0 Å². The average molecular weight is 572 g/mol. The summed E-state index contributed by atoms with van der Waals surface area (Å²) in [4.78, 5) is 68.7. The predicted octanol–water partition coefficient (Wildman–Crippen LogP) is 2.57. The van der Waals surface area contributed by atoms with Gasteiger partial charge in [-0.15, -0.1) is 0 Å². The molecular weight excluding hydrogens is 526 g/mol. The van der Waals surface area contributed by atoms with Crippen molar-refractivity contribution in [2.45, 2.75) is 116 Å². The lowest BCUT2D eigenvalue weighted by atomic mass is 9.49. The second-order valence-corrected chi connectivity index (χ2v) is 13.0. The Morgan fingerprint density at radius 2 is 1.68 bits per heavy atom. The normalized spacial score (nSPS) is 27.7. The number of rotatable bonds is 15. The van der Waals surface area contributed by atoms with Crippen LogP contribution in [0.15, 0.2) is 0 Å². The summed E-state index contributed by atoms with van der Waals surface area (Å²) in [7, 11) is 0. The van der Waals surface area contributed by atoms with E-state index in [4.69, 9.17) is 10.3 Å². The molecule has 41 heavy (non-hydrogen) atoms. The van der Waals surface area contributed by atoms with Crippen LogP contribution < -0.4 is 10.6 Å². The number of nitrogens with one attached hydrogen (secondary N) is 2. The molecule has 2 N–H and O–H groups in total. The Balaban J connectivity index is 1.43. The van der Waals surface area contributed by atoms with E-state index in [9.17, 15) is 24.0 Å². The van der Waals surface area contributed by atoms with Gasteiger partial charge in [-0.05, 0) is 102 Å². The highest BCUT2D eigenvalue weighted by Crippen LogP contribution is 2.60. The molecule has 1 heterocycles. The number of nitrogens with zero attached hydrogens (tertiary/aromatic N) is 3. The van der Waals surface area contributed by atoms with E-state index < -0.39 is 41.3 Å². The van der Waals surface area contributed by atoms with Crippen molar-refractivity contribution in [3.05, 3.63) is 5.53 Å². The first-order valence-electron chi connectivity index (χ1n) is 15.4. The molecule has 4 aliphatic carbocycles. The van der Waals surface area contributed by atoms with E-state index in [1.807, 2.05) is 4.90 Å². The summed E-state index contributed by atoms with van der Waals surface area (Å²) in [5.74, 6) is 0.165. The summed E-state index contributed by atoms with van der Waals surface area (Å²) >= 11 is 0. The molecule has 0 aromatic carbocycles. The van der Waals surface area contributed by atoms with Crippen LogP contribution in [0.5, 0.6) is 0 Å². The lowest BCUT2D eigenvalue weighted by molar-refractivity contribution is -0.152. The Kier molecular flexibility index (Phi) is 10.3. The molecule has 0 aromatic heterocycles. The van der Waals surface area contributed by atoms with Crippen molar-refractivity contribution in [2.75, 3.05) is 13.1 Å². The first-order chi connectivity index (χ1) is 19.6. The molecule has 4 bridgehead atoms. The number of esters is 1. The van der Waals surface area contributed by atoms with Gasteiger partial charge in [0.05, 0.1) is 6.10 Å². The number of amides is 3. The van der Waals surface area contributed by atoms with Gasteiger partial charge in [0.15, 0.2) is 0 Å². The number of hydrogen-bond acceptors (Lipinski definition) is 6. The fraction of sp³-hybridized carbons (Fsp3) is 0.800. The molecule has 5 aliphatic rings. The molecule has 0 radical (unpaired) electrons. The number of hydrogen-bond donors (Lipinski definition) is 2. The van der Waals surface area contributed by atoms with Crippen LogP contribution in [0.2, 0.25) is 0 Å². The van der Waals surface area contributed by atoms with Crippen molar-refractivity contribution >= 4 is 35.7 Å². The maximum absolute atomic E-state index is 13.8. The number of carbonyl (C=O) groups is 5. The number of Topliss-reactive ketones (excluding diaryl/α,β-unsaturated/α-hetero) is 1. The molecule has 2 atom stereocenters. The minimum atomic E-state index is -1.10. The molecule has 11 heteroatoms. The highest BCUT2D eigenvalue weighted by atomic mass is 16.5. The van der Waals surface area contributed by atoms with Crippen LogP contribution in [-0.2, 0) is 28.7 Å². The molecule has 3 amide bonds. The van der Waals surface area contributed by atoms with Gasteiger partial charge in [0.1, 0.15) is 12.1 Å². The number of ether oxygens (including phenoxy) is 1. The molecule has 5 fully saturated rings. The minimum absolute atomic E-state index is 0.0329. The lowest BCUT2D eigenvalue weighted by Crippen LogP contribution is -2.58. The van der Waals surface area contributed by atoms with Crippen molar-refractivity contribution in [3.8, 4) is 0 Å². The number of carbonyl (C=O) groups excluding carboxylic acids is 5. The number of unbranched alkanes of at least 4 members (excludes halogenated alkanes) is 1. The number of ketones is 1. The third kappa shape index (κ3) is 8.03. The maximum Gasteiger partial charge on any atom is 0.328 e. The molecule has 226 valence electrons. The second kappa shape index (κ2) is 13.7. The summed E-state index contributed by atoms with van der Waals surface area (Å²) in [6, 6.07) is -1.95. The fourth-order valence-electron chi connectivity index (χ4n) is 7.81. The van der Waals surface area contributed by atoms with Crippen LogP contribution in [0.25, 0.3) is 5.53 Å². The van der Waals surface area contributed by atoms with Gasteiger partial charge in [0.25, 0.3) is 0 Å².